The van der Waals surface area contributed by atoms with Crippen molar-refractivity contribution in [1.82, 2.24) is 9.97 Å². The SMILES string of the molecule is Cc1nc(C(F)(F)F)ccc1C(=O)Nc1ccc(Cl)c(-c2ccc(C(F)(F)F)cn2)c1. The molecule has 31 heavy (non-hydrogen) atoms. The lowest BCUT2D eigenvalue weighted by Crippen LogP contribution is -2.16. The van der Waals surface area contributed by atoms with E-state index in [1.807, 2.05) is 0 Å². The number of benzene rings is 1. The maximum absolute atomic E-state index is 12.7. The molecule has 11 heteroatoms. The summed E-state index contributed by atoms with van der Waals surface area (Å²) < 4.78 is 76.3. The lowest BCUT2D eigenvalue weighted by atomic mass is 10.1. The van der Waals surface area contributed by atoms with Crippen molar-refractivity contribution < 1.29 is 31.1 Å². The predicted molar refractivity (Wildman–Crippen MR) is 102 cm³/mol. The fourth-order valence-corrected chi connectivity index (χ4v) is 2.89. The molecule has 0 saturated carbocycles. The Morgan fingerprint density at radius 1 is 0.968 bits per heavy atom. The molecule has 0 aliphatic carbocycles. The van der Waals surface area contributed by atoms with Gasteiger partial charge in [0.1, 0.15) is 5.69 Å². The van der Waals surface area contributed by atoms with Crippen LogP contribution in [0.25, 0.3) is 11.3 Å². The molecule has 0 atom stereocenters. The molecule has 1 amide bonds. The van der Waals surface area contributed by atoms with Crippen molar-refractivity contribution in [2.75, 3.05) is 5.32 Å². The second kappa shape index (κ2) is 8.18. The summed E-state index contributed by atoms with van der Waals surface area (Å²) in [6, 6.07) is 7.92. The minimum Gasteiger partial charge on any atom is -0.322 e. The second-order valence-corrected chi connectivity index (χ2v) is 6.81. The number of rotatable bonds is 3. The van der Waals surface area contributed by atoms with E-state index in [1.54, 1.807) is 0 Å². The molecule has 0 unspecified atom stereocenters. The molecule has 0 bridgehead atoms. The monoisotopic (exact) mass is 459 g/mol. The van der Waals surface area contributed by atoms with Gasteiger partial charge in [-0.15, -0.1) is 0 Å². The number of amides is 1. The Hall–Kier alpha value is -3.14. The summed E-state index contributed by atoms with van der Waals surface area (Å²) >= 11 is 6.11. The standard InChI is InChI=1S/C20H12ClF6N3O/c1-10-13(4-7-17(29-10)20(25,26)27)18(31)30-12-3-5-15(21)14(8-12)16-6-2-11(9-28-16)19(22,23)24/h2-9H,1H3,(H,30,31). The summed E-state index contributed by atoms with van der Waals surface area (Å²) in [4.78, 5) is 19.7. The lowest BCUT2D eigenvalue weighted by molar-refractivity contribution is -0.141. The van der Waals surface area contributed by atoms with Crippen molar-refractivity contribution in [2.45, 2.75) is 19.3 Å². The van der Waals surface area contributed by atoms with Gasteiger partial charge >= 0.3 is 12.4 Å². The van der Waals surface area contributed by atoms with Gasteiger partial charge in [0.25, 0.3) is 5.91 Å². The molecule has 1 aromatic carbocycles. The van der Waals surface area contributed by atoms with Crippen molar-refractivity contribution >= 4 is 23.2 Å². The number of anilines is 1. The molecule has 2 heterocycles. The predicted octanol–water partition coefficient (Wildman–Crippen LogP) is 6.40. The molecule has 1 N–H and O–H groups in total. The van der Waals surface area contributed by atoms with Crippen LogP contribution in [0, 0.1) is 6.92 Å². The minimum absolute atomic E-state index is 0.0721. The van der Waals surface area contributed by atoms with E-state index in [2.05, 4.69) is 15.3 Å². The van der Waals surface area contributed by atoms with Gasteiger partial charge in [0.15, 0.2) is 0 Å². The van der Waals surface area contributed by atoms with Crippen LogP contribution in [0.15, 0.2) is 48.7 Å². The molecule has 0 aliphatic rings. The highest BCUT2D eigenvalue weighted by atomic mass is 35.5. The van der Waals surface area contributed by atoms with Crippen LogP contribution in [0.3, 0.4) is 0 Å². The first-order chi connectivity index (χ1) is 14.4. The Balaban J connectivity index is 1.86. The Labute approximate surface area is 176 Å². The lowest BCUT2D eigenvalue weighted by Gasteiger charge is -2.12. The maximum atomic E-state index is 12.7. The highest BCUT2D eigenvalue weighted by Crippen LogP contribution is 2.33. The van der Waals surface area contributed by atoms with Crippen molar-refractivity contribution in [3.8, 4) is 11.3 Å². The third-order valence-electron chi connectivity index (χ3n) is 4.21. The maximum Gasteiger partial charge on any atom is 0.433 e. The highest BCUT2D eigenvalue weighted by Gasteiger charge is 2.33. The summed E-state index contributed by atoms with van der Waals surface area (Å²) in [5, 5.41) is 2.68. The number of alkyl halides is 6. The molecule has 162 valence electrons. The highest BCUT2D eigenvalue weighted by molar-refractivity contribution is 6.33. The molecule has 2 aromatic heterocycles. The summed E-state index contributed by atoms with van der Waals surface area (Å²) in [5.41, 5.74) is -1.63. The van der Waals surface area contributed by atoms with Gasteiger partial charge < -0.3 is 5.32 Å². The zero-order valence-electron chi connectivity index (χ0n) is 15.6. The molecule has 0 saturated heterocycles. The fourth-order valence-electron chi connectivity index (χ4n) is 2.68. The molecular weight excluding hydrogens is 448 g/mol. The van der Waals surface area contributed by atoms with Gasteiger partial charge in [-0.3, -0.25) is 9.78 Å². The van der Waals surface area contributed by atoms with Gasteiger partial charge in [-0.1, -0.05) is 11.6 Å². The molecule has 0 aliphatic heterocycles. The Morgan fingerprint density at radius 2 is 1.68 bits per heavy atom. The minimum atomic E-state index is -4.64. The third-order valence-corrected chi connectivity index (χ3v) is 4.54. The van der Waals surface area contributed by atoms with Crippen molar-refractivity contribution in [3.63, 3.8) is 0 Å². The van der Waals surface area contributed by atoms with E-state index in [0.717, 1.165) is 18.2 Å². The fraction of sp³-hybridized carbons (Fsp3) is 0.150. The van der Waals surface area contributed by atoms with Crippen LogP contribution in [0.1, 0.15) is 27.3 Å². The Bertz CT molecular complexity index is 1130. The first-order valence-electron chi connectivity index (χ1n) is 8.55. The summed E-state index contributed by atoms with van der Waals surface area (Å²) in [7, 11) is 0. The topological polar surface area (TPSA) is 54.9 Å². The molecular formula is C20H12ClF6N3O. The van der Waals surface area contributed by atoms with E-state index in [1.165, 1.54) is 25.1 Å². The molecule has 3 aromatic rings. The van der Waals surface area contributed by atoms with Crippen LogP contribution in [0.4, 0.5) is 32.0 Å². The van der Waals surface area contributed by atoms with Gasteiger partial charge in [-0.25, -0.2) is 4.98 Å². The third kappa shape index (κ3) is 5.13. The first-order valence-corrected chi connectivity index (χ1v) is 8.93. The second-order valence-electron chi connectivity index (χ2n) is 6.41. The zero-order valence-corrected chi connectivity index (χ0v) is 16.3. The van der Waals surface area contributed by atoms with E-state index in [0.29, 0.717) is 12.3 Å². The van der Waals surface area contributed by atoms with E-state index in [-0.39, 0.29) is 33.2 Å². The van der Waals surface area contributed by atoms with Crippen LogP contribution >= 0.6 is 11.6 Å². The average Bonchev–Trinajstić information content (AvgIpc) is 2.68. The van der Waals surface area contributed by atoms with Gasteiger partial charge in [0, 0.05) is 17.4 Å². The first kappa shape index (κ1) is 22.5. The van der Waals surface area contributed by atoms with E-state index >= 15 is 0 Å². The smallest absolute Gasteiger partial charge is 0.322 e. The number of nitrogens with zero attached hydrogens (tertiary/aromatic N) is 2. The molecule has 0 radical (unpaired) electrons. The van der Waals surface area contributed by atoms with Crippen LogP contribution in [0.2, 0.25) is 5.02 Å². The molecule has 0 spiro atoms. The largest absolute Gasteiger partial charge is 0.433 e. The number of hydrogen-bond acceptors (Lipinski definition) is 3. The number of aryl methyl sites for hydroxylation is 1. The molecule has 4 nitrogen and oxygen atoms in total. The number of carbonyl (C=O) groups is 1. The van der Waals surface area contributed by atoms with Crippen molar-refractivity contribution in [3.05, 3.63) is 76.2 Å². The van der Waals surface area contributed by atoms with Crippen molar-refractivity contribution in [1.29, 1.82) is 0 Å². The van der Waals surface area contributed by atoms with Gasteiger partial charge in [0.05, 0.1) is 27.5 Å². The van der Waals surface area contributed by atoms with E-state index in [4.69, 9.17) is 11.6 Å². The molecule has 3 rings (SSSR count). The number of aromatic nitrogens is 2. The summed E-state index contributed by atoms with van der Waals surface area (Å²) in [6.45, 7) is 1.27. The number of nitrogens with one attached hydrogen (secondary N) is 1. The normalized spacial score (nSPS) is 12.0. The van der Waals surface area contributed by atoms with Gasteiger partial charge in [0.2, 0.25) is 0 Å². The van der Waals surface area contributed by atoms with Crippen LogP contribution < -0.4 is 5.32 Å². The average molecular weight is 460 g/mol. The Kier molecular flexibility index (Phi) is 5.95. The van der Waals surface area contributed by atoms with Gasteiger partial charge in [-0.2, -0.15) is 26.3 Å². The summed E-state index contributed by atoms with van der Waals surface area (Å²) in [6.07, 6.45) is -8.52. The number of carbonyl (C=O) groups excluding carboxylic acids is 1. The van der Waals surface area contributed by atoms with E-state index in [9.17, 15) is 31.1 Å². The number of pyridine rings is 2. The van der Waals surface area contributed by atoms with Crippen LogP contribution in [-0.4, -0.2) is 15.9 Å². The van der Waals surface area contributed by atoms with Crippen LogP contribution in [-0.2, 0) is 12.4 Å². The van der Waals surface area contributed by atoms with E-state index < -0.39 is 29.5 Å². The van der Waals surface area contributed by atoms with Crippen molar-refractivity contribution in [2.24, 2.45) is 0 Å². The number of halogens is 7. The zero-order chi connectivity index (χ0) is 23.0. The van der Waals surface area contributed by atoms with Gasteiger partial charge in [-0.05, 0) is 49.4 Å². The quantitative estimate of drug-likeness (QED) is 0.461. The van der Waals surface area contributed by atoms with Crippen LogP contribution in [0.5, 0.6) is 0 Å². The molecule has 0 fully saturated rings. The summed E-state index contributed by atoms with van der Waals surface area (Å²) in [5.74, 6) is -0.715. The number of hydrogen-bond donors (Lipinski definition) is 1. The Morgan fingerprint density at radius 3 is 2.23 bits per heavy atom.